The predicted octanol–water partition coefficient (Wildman–Crippen LogP) is 5.40. The SMILES string of the molecule is CCCCOC(=O)OCC(C)C(c1ccc(OC(=O)OC(C)CC)c(OC(=O)OC(C)CC)c1)[C@H](N)C(=O)O. The minimum absolute atomic E-state index is 0.154. The van der Waals surface area contributed by atoms with E-state index < -0.39 is 54.5 Å². The first-order chi connectivity index (χ1) is 18.4. The molecule has 0 aliphatic rings. The van der Waals surface area contributed by atoms with E-state index in [1.54, 1.807) is 20.8 Å². The van der Waals surface area contributed by atoms with Crippen molar-refractivity contribution in [3.05, 3.63) is 23.8 Å². The van der Waals surface area contributed by atoms with E-state index in [4.69, 9.17) is 34.2 Å². The maximum absolute atomic E-state index is 12.4. The molecule has 0 aromatic heterocycles. The van der Waals surface area contributed by atoms with Crippen LogP contribution in [0.15, 0.2) is 18.2 Å². The Bertz CT molecular complexity index is 952. The molecule has 12 heteroatoms. The number of nitrogens with two attached hydrogens (primary N) is 1. The number of hydrogen-bond donors (Lipinski definition) is 2. The van der Waals surface area contributed by atoms with Crippen molar-refractivity contribution in [1.82, 2.24) is 0 Å². The van der Waals surface area contributed by atoms with E-state index >= 15 is 0 Å². The van der Waals surface area contributed by atoms with Crippen LogP contribution in [0.25, 0.3) is 0 Å². The van der Waals surface area contributed by atoms with Gasteiger partial charge < -0.3 is 39.3 Å². The maximum Gasteiger partial charge on any atom is 0.514 e. The summed E-state index contributed by atoms with van der Waals surface area (Å²) in [5.74, 6) is -3.17. The van der Waals surface area contributed by atoms with Gasteiger partial charge in [-0.25, -0.2) is 14.4 Å². The second kappa shape index (κ2) is 17.1. The summed E-state index contributed by atoms with van der Waals surface area (Å²) < 4.78 is 31.0. The summed E-state index contributed by atoms with van der Waals surface area (Å²) >= 11 is 0. The lowest BCUT2D eigenvalue weighted by Gasteiger charge is -2.28. The minimum atomic E-state index is -1.42. The summed E-state index contributed by atoms with van der Waals surface area (Å²) in [6.07, 6.45) is -1.19. The number of aliphatic carboxylic acids is 1. The Balaban J connectivity index is 3.30. The molecule has 0 bridgehead atoms. The molecule has 1 aromatic rings. The van der Waals surface area contributed by atoms with Crippen LogP contribution in [0, 0.1) is 5.92 Å². The van der Waals surface area contributed by atoms with Gasteiger partial charge in [-0.15, -0.1) is 0 Å². The highest BCUT2D eigenvalue weighted by molar-refractivity contribution is 5.75. The topological polar surface area (TPSA) is 170 Å². The highest BCUT2D eigenvalue weighted by Crippen LogP contribution is 2.36. The van der Waals surface area contributed by atoms with Gasteiger partial charge >= 0.3 is 24.4 Å². The molecule has 0 aliphatic heterocycles. The van der Waals surface area contributed by atoms with Crippen molar-refractivity contribution in [3.63, 3.8) is 0 Å². The molecule has 39 heavy (non-hydrogen) atoms. The Kier molecular flexibility index (Phi) is 14.7. The lowest BCUT2D eigenvalue weighted by molar-refractivity contribution is -0.139. The molecular weight excluding hydrogens is 514 g/mol. The van der Waals surface area contributed by atoms with Gasteiger partial charge in [0, 0.05) is 5.92 Å². The van der Waals surface area contributed by atoms with E-state index in [2.05, 4.69) is 0 Å². The van der Waals surface area contributed by atoms with Crippen LogP contribution in [-0.4, -0.2) is 61.0 Å². The van der Waals surface area contributed by atoms with Gasteiger partial charge in [0.25, 0.3) is 0 Å². The lowest BCUT2D eigenvalue weighted by atomic mass is 9.82. The molecule has 0 fully saturated rings. The summed E-state index contributed by atoms with van der Waals surface area (Å²) in [6, 6.07) is 2.71. The van der Waals surface area contributed by atoms with Gasteiger partial charge in [0.2, 0.25) is 0 Å². The molecule has 1 aromatic carbocycles. The third-order valence-corrected chi connectivity index (χ3v) is 5.95. The van der Waals surface area contributed by atoms with Crippen LogP contribution in [0.4, 0.5) is 14.4 Å². The van der Waals surface area contributed by atoms with Gasteiger partial charge in [0.1, 0.15) is 18.2 Å². The fourth-order valence-corrected chi connectivity index (χ4v) is 3.31. The summed E-state index contributed by atoms with van der Waals surface area (Å²) in [5, 5.41) is 9.66. The van der Waals surface area contributed by atoms with Crippen molar-refractivity contribution >= 4 is 24.4 Å². The first-order valence-corrected chi connectivity index (χ1v) is 13.1. The maximum atomic E-state index is 12.4. The van der Waals surface area contributed by atoms with E-state index in [9.17, 15) is 24.3 Å². The summed E-state index contributed by atoms with van der Waals surface area (Å²) in [5.41, 5.74) is 6.34. The first-order valence-electron chi connectivity index (χ1n) is 13.1. The van der Waals surface area contributed by atoms with Crippen LogP contribution >= 0.6 is 0 Å². The lowest BCUT2D eigenvalue weighted by Crippen LogP contribution is -2.40. The van der Waals surface area contributed by atoms with Crippen molar-refractivity contribution in [1.29, 1.82) is 0 Å². The van der Waals surface area contributed by atoms with E-state index in [0.29, 0.717) is 24.8 Å². The summed E-state index contributed by atoms with van der Waals surface area (Å²) in [4.78, 5) is 48.4. The highest BCUT2D eigenvalue weighted by Gasteiger charge is 2.33. The Morgan fingerprint density at radius 3 is 1.92 bits per heavy atom. The number of ether oxygens (including phenoxy) is 6. The van der Waals surface area contributed by atoms with Gasteiger partial charge in [-0.2, -0.15) is 0 Å². The van der Waals surface area contributed by atoms with Gasteiger partial charge in [0.05, 0.1) is 13.2 Å². The number of carbonyl (C=O) groups is 4. The fourth-order valence-electron chi connectivity index (χ4n) is 3.31. The molecule has 0 saturated heterocycles. The van der Waals surface area contributed by atoms with Crippen LogP contribution in [0.2, 0.25) is 0 Å². The zero-order chi connectivity index (χ0) is 29.5. The van der Waals surface area contributed by atoms with Gasteiger partial charge in [-0.1, -0.05) is 40.2 Å². The van der Waals surface area contributed by atoms with E-state index in [1.807, 2.05) is 20.8 Å². The molecule has 1 rings (SSSR count). The number of unbranched alkanes of at least 4 members (excludes halogenated alkanes) is 1. The number of hydrogen-bond acceptors (Lipinski definition) is 11. The quantitative estimate of drug-likeness (QED) is 0.122. The van der Waals surface area contributed by atoms with Crippen LogP contribution in [0.3, 0.4) is 0 Å². The highest BCUT2D eigenvalue weighted by atomic mass is 16.8. The van der Waals surface area contributed by atoms with Crippen LogP contribution in [0.1, 0.15) is 78.7 Å². The van der Waals surface area contributed by atoms with Crippen LogP contribution in [-0.2, 0) is 23.7 Å². The molecule has 12 nitrogen and oxygen atoms in total. The van der Waals surface area contributed by atoms with Crippen molar-refractivity contribution in [2.45, 2.75) is 91.4 Å². The standard InChI is InChI=1S/C27H41NO11/c1-7-10-13-34-25(31)35-15-16(4)22(23(28)24(29)30)19-11-12-20(38-26(32)36-17(5)8-2)21(14-19)39-27(33)37-18(6)9-3/h11-12,14,16-18,22-23H,7-10,13,15,28H2,1-6H3,(H,29,30)/t16?,17?,18?,22?,23-/m0/s1. The second-order valence-electron chi connectivity index (χ2n) is 9.21. The molecule has 0 heterocycles. The number of carboxylic acids is 1. The van der Waals surface area contributed by atoms with E-state index in [1.165, 1.54) is 18.2 Å². The average molecular weight is 556 g/mol. The van der Waals surface area contributed by atoms with Gasteiger partial charge in [-0.3, -0.25) is 4.79 Å². The summed E-state index contributed by atoms with van der Waals surface area (Å²) in [7, 11) is 0. The normalized spacial score (nSPS) is 14.6. The number of rotatable bonds is 15. The van der Waals surface area contributed by atoms with Crippen molar-refractivity contribution < 1.29 is 52.7 Å². The molecule has 0 aliphatic carbocycles. The third kappa shape index (κ3) is 11.8. The van der Waals surface area contributed by atoms with Crippen molar-refractivity contribution in [2.24, 2.45) is 11.7 Å². The molecule has 0 radical (unpaired) electrons. The largest absolute Gasteiger partial charge is 0.514 e. The fraction of sp³-hybridized carbons (Fsp3) is 0.630. The minimum Gasteiger partial charge on any atom is -0.480 e. The van der Waals surface area contributed by atoms with Gasteiger partial charge in [0.15, 0.2) is 11.5 Å². The molecule has 220 valence electrons. The number of benzene rings is 1. The average Bonchev–Trinajstić information content (AvgIpc) is 2.88. The smallest absolute Gasteiger partial charge is 0.480 e. The van der Waals surface area contributed by atoms with Gasteiger partial charge in [-0.05, 0) is 56.7 Å². The predicted molar refractivity (Wildman–Crippen MR) is 140 cm³/mol. The zero-order valence-electron chi connectivity index (χ0n) is 23.5. The molecular formula is C27H41NO11. The molecule has 0 spiro atoms. The third-order valence-electron chi connectivity index (χ3n) is 5.95. The zero-order valence-corrected chi connectivity index (χ0v) is 23.5. The molecule has 3 N–H and O–H groups in total. The van der Waals surface area contributed by atoms with Crippen LogP contribution < -0.4 is 15.2 Å². The Morgan fingerprint density at radius 1 is 0.846 bits per heavy atom. The monoisotopic (exact) mass is 555 g/mol. The molecule has 5 atom stereocenters. The second-order valence-corrected chi connectivity index (χ2v) is 9.21. The van der Waals surface area contributed by atoms with E-state index in [-0.39, 0.29) is 24.7 Å². The molecule has 0 saturated carbocycles. The Morgan fingerprint density at radius 2 is 1.41 bits per heavy atom. The van der Waals surface area contributed by atoms with Crippen molar-refractivity contribution in [2.75, 3.05) is 13.2 Å². The van der Waals surface area contributed by atoms with Crippen LogP contribution in [0.5, 0.6) is 11.5 Å². The first kappa shape index (κ1) is 33.5. The number of carboxylic acid groups (broad SMARTS) is 1. The van der Waals surface area contributed by atoms with E-state index in [0.717, 1.165) is 6.42 Å². The summed E-state index contributed by atoms with van der Waals surface area (Å²) in [6.45, 7) is 10.6. The molecule has 4 unspecified atom stereocenters. The Hall–Kier alpha value is -3.54. The van der Waals surface area contributed by atoms with Crippen molar-refractivity contribution in [3.8, 4) is 11.5 Å². The Labute approximate surface area is 229 Å². The number of carbonyl (C=O) groups excluding carboxylic acids is 3. The molecule has 0 amide bonds.